The largest absolute Gasteiger partial charge is 0.341 e. The molecule has 3 nitrogen and oxygen atoms in total. The molecule has 0 aromatic carbocycles. The molecule has 0 radical (unpaired) electrons. The van der Waals surface area contributed by atoms with Gasteiger partial charge in [0.1, 0.15) is 0 Å². The minimum Gasteiger partial charge on any atom is -0.341 e. The van der Waals surface area contributed by atoms with Gasteiger partial charge in [0.2, 0.25) is 5.91 Å². The molecule has 4 heteroatoms. The predicted octanol–water partition coefficient (Wildman–Crippen LogP) is 2.73. The summed E-state index contributed by atoms with van der Waals surface area (Å²) in [6, 6.07) is 0.128. The third-order valence-corrected chi connectivity index (χ3v) is 5.25. The zero-order valence-corrected chi connectivity index (χ0v) is 12.6. The Hall–Kier alpha value is -0.280. The molecule has 0 aromatic rings. The van der Waals surface area contributed by atoms with Gasteiger partial charge in [-0.25, -0.2) is 0 Å². The lowest BCUT2D eigenvalue weighted by Gasteiger charge is -2.45. The standard InChI is InChI=1S/C15H26N2O.ClH/c18-14(13-6-4-10-16-13)17-11-5-9-15(12-17)7-2-1-3-8-15;/h13,16H,1-12H2;1H. The summed E-state index contributed by atoms with van der Waals surface area (Å²) in [4.78, 5) is 14.7. The van der Waals surface area contributed by atoms with Crippen LogP contribution in [0.15, 0.2) is 0 Å². The summed E-state index contributed by atoms with van der Waals surface area (Å²) in [5, 5.41) is 3.35. The van der Waals surface area contributed by atoms with Crippen molar-refractivity contribution in [2.45, 2.75) is 63.8 Å². The quantitative estimate of drug-likeness (QED) is 0.804. The van der Waals surface area contributed by atoms with E-state index < -0.39 is 0 Å². The molecule has 110 valence electrons. The highest BCUT2D eigenvalue weighted by molar-refractivity contribution is 5.85. The summed E-state index contributed by atoms with van der Waals surface area (Å²) in [6.07, 6.45) is 11.7. The Kier molecular flexibility index (Phi) is 5.13. The van der Waals surface area contributed by atoms with Crippen molar-refractivity contribution in [1.29, 1.82) is 0 Å². The van der Waals surface area contributed by atoms with Crippen LogP contribution in [0.3, 0.4) is 0 Å². The summed E-state index contributed by atoms with van der Waals surface area (Å²) in [6.45, 7) is 3.07. The van der Waals surface area contributed by atoms with E-state index in [1.807, 2.05) is 0 Å². The Morgan fingerprint density at radius 2 is 1.79 bits per heavy atom. The van der Waals surface area contributed by atoms with E-state index in [2.05, 4.69) is 10.2 Å². The first-order valence-corrected chi connectivity index (χ1v) is 7.81. The number of carbonyl (C=O) groups is 1. The van der Waals surface area contributed by atoms with Gasteiger partial charge < -0.3 is 10.2 Å². The van der Waals surface area contributed by atoms with Gasteiger partial charge in [-0.15, -0.1) is 12.4 Å². The fourth-order valence-electron chi connectivity index (χ4n) is 4.22. The zero-order chi connectivity index (χ0) is 12.4. The number of carbonyl (C=O) groups excluding carboxylic acids is 1. The fraction of sp³-hybridized carbons (Fsp3) is 0.933. The number of nitrogens with one attached hydrogen (secondary N) is 1. The van der Waals surface area contributed by atoms with Gasteiger partial charge in [-0.3, -0.25) is 4.79 Å². The van der Waals surface area contributed by atoms with Crippen molar-refractivity contribution in [3.05, 3.63) is 0 Å². The Morgan fingerprint density at radius 1 is 1.05 bits per heavy atom. The number of nitrogens with zero attached hydrogens (tertiary/aromatic N) is 1. The molecule has 3 fully saturated rings. The van der Waals surface area contributed by atoms with Crippen LogP contribution in [0.2, 0.25) is 0 Å². The average Bonchev–Trinajstić information content (AvgIpc) is 2.93. The molecule has 1 amide bonds. The van der Waals surface area contributed by atoms with Gasteiger partial charge in [0.05, 0.1) is 6.04 Å². The van der Waals surface area contributed by atoms with Gasteiger partial charge in [-0.05, 0) is 50.5 Å². The molecule has 0 aromatic heterocycles. The molecule has 1 N–H and O–H groups in total. The number of piperidine rings is 1. The van der Waals surface area contributed by atoms with Crippen LogP contribution in [0.25, 0.3) is 0 Å². The van der Waals surface area contributed by atoms with Crippen molar-refractivity contribution >= 4 is 18.3 Å². The maximum Gasteiger partial charge on any atom is 0.239 e. The van der Waals surface area contributed by atoms with E-state index in [0.29, 0.717) is 11.3 Å². The molecule has 1 spiro atoms. The average molecular weight is 287 g/mol. The Bertz CT molecular complexity index is 304. The van der Waals surface area contributed by atoms with Crippen LogP contribution in [0.4, 0.5) is 0 Å². The van der Waals surface area contributed by atoms with Crippen LogP contribution in [0.5, 0.6) is 0 Å². The molecule has 1 aliphatic carbocycles. The Balaban J connectivity index is 0.00000133. The molecule has 2 aliphatic heterocycles. The fourth-order valence-corrected chi connectivity index (χ4v) is 4.22. The summed E-state index contributed by atoms with van der Waals surface area (Å²) < 4.78 is 0. The van der Waals surface area contributed by atoms with Crippen LogP contribution in [0, 0.1) is 5.41 Å². The first-order chi connectivity index (χ1) is 8.79. The number of amides is 1. The topological polar surface area (TPSA) is 32.3 Å². The maximum absolute atomic E-state index is 12.5. The lowest BCUT2D eigenvalue weighted by molar-refractivity contribution is -0.137. The molecule has 3 rings (SSSR count). The van der Waals surface area contributed by atoms with Crippen molar-refractivity contribution in [2.24, 2.45) is 5.41 Å². The lowest BCUT2D eigenvalue weighted by atomic mass is 9.69. The predicted molar refractivity (Wildman–Crippen MR) is 79.6 cm³/mol. The molecule has 1 atom stereocenters. The molecule has 2 heterocycles. The number of hydrogen-bond acceptors (Lipinski definition) is 2. The van der Waals surface area contributed by atoms with Crippen LogP contribution in [-0.4, -0.2) is 36.5 Å². The van der Waals surface area contributed by atoms with Gasteiger partial charge in [0.25, 0.3) is 0 Å². The zero-order valence-electron chi connectivity index (χ0n) is 11.8. The first kappa shape index (κ1) is 15.1. The van der Waals surface area contributed by atoms with Crippen LogP contribution in [-0.2, 0) is 4.79 Å². The third-order valence-electron chi connectivity index (χ3n) is 5.25. The second-order valence-corrected chi connectivity index (χ2v) is 6.57. The normalized spacial score (nSPS) is 30.1. The molecule has 19 heavy (non-hydrogen) atoms. The van der Waals surface area contributed by atoms with Crippen LogP contribution >= 0.6 is 12.4 Å². The van der Waals surface area contributed by atoms with E-state index in [9.17, 15) is 4.79 Å². The highest BCUT2D eigenvalue weighted by Gasteiger charge is 2.39. The molecular weight excluding hydrogens is 260 g/mol. The van der Waals surface area contributed by atoms with E-state index in [1.165, 1.54) is 44.9 Å². The Morgan fingerprint density at radius 3 is 2.47 bits per heavy atom. The minimum atomic E-state index is 0. The van der Waals surface area contributed by atoms with Crippen LogP contribution in [0.1, 0.15) is 57.8 Å². The second kappa shape index (κ2) is 6.45. The second-order valence-electron chi connectivity index (χ2n) is 6.57. The summed E-state index contributed by atoms with van der Waals surface area (Å²) in [5.41, 5.74) is 0.491. The highest BCUT2D eigenvalue weighted by Crippen LogP contribution is 2.43. The Labute approximate surface area is 122 Å². The molecule has 1 saturated carbocycles. The molecule has 2 saturated heterocycles. The van der Waals surface area contributed by atoms with Gasteiger partial charge in [0.15, 0.2) is 0 Å². The van der Waals surface area contributed by atoms with Crippen molar-refractivity contribution in [1.82, 2.24) is 10.2 Å². The number of rotatable bonds is 1. The molecule has 0 bridgehead atoms. The van der Waals surface area contributed by atoms with Crippen molar-refractivity contribution in [3.8, 4) is 0 Å². The van der Waals surface area contributed by atoms with E-state index >= 15 is 0 Å². The van der Waals surface area contributed by atoms with Gasteiger partial charge in [-0.1, -0.05) is 19.3 Å². The minimum absolute atomic E-state index is 0. The molecule has 3 aliphatic rings. The van der Waals surface area contributed by atoms with E-state index in [0.717, 1.165) is 32.5 Å². The third kappa shape index (κ3) is 3.25. The smallest absolute Gasteiger partial charge is 0.239 e. The van der Waals surface area contributed by atoms with Crippen molar-refractivity contribution in [2.75, 3.05) is 19.6 Å². The van der Waals surface area contributed by atoms with Gasteiger partial charge in [0, 0.05) is 13.1 Å². The van der Waals surface area contributed by atoms with Crippen molar-refractivity contribution in [3.63, 3.8) is 0 Å². The number of hydrogen-bond donors (Lipinski definition) is 1. The van der Waals surface area contributed by atoms with E-state index in [4.69, 9.17) is 0 Å². The van der Waals surface area contributed by atoms with Crippen LogP contribution < -0.4 is 5.32 Å². The van der Waals surface area contributed by atoms with E-state index in [1.54, 1.807) is 0 Å². The van der Waals surface area contributed by atoms with Gasteiger partial charge >= 0.3 is 0 Å². The van der Waals surface area contributed by atoms with Crippen molar-refractivity contribution < 1.29 is 4.79 Å². The van der Waals surface area contributed by atoms with E-state index in [-0.39, 0.29) is 18.4 Å². The molecular formula is C15H27ClN2O. The lowest BCUT2D eigenvalue weighted by Crippen LogP contribution is -2.51. The SMILES string of the molecule is Cl.O=C(C1CCCN1)N1CCCC2(CCCCC2)C1. The number of likely N-dealkylation sites (tertiary alicyclic amines) is 1. The van der Waals surface area contributed by atoms with Gasteiger partial charge in [-0.2, -0.15) is 0 Å². The first-order valence-electron chi connectivity index (χ1n) is 7.81. The molecule has 1 unspecified atom stereocenters. The monoisotopic (exact) mass is 286 g/mol. The summed E-state index contributed by atoms with van der Waals surface area (Å²) in [5.74, 6) is 0.386. The highest BCUT2D eigenvalue weighted by atomic mass is 35.5. The number of halogens is 1. The summed E-state index contributed by atoms with van der Waals surface area (Å²) in [7, 11) is 0. The maximum atomic E-state index is 12.5. The summed E-state index contributed by atoms with van der Waals surface area (Å²) >= 11 is 0.